The zero-order valence-corrected chi connectivity index (χ0v) is 18.6. The average Bonchev–Trinajstić information content (AvgIpc) is 3.21. The number of pyridine rings is 1. The minimum atomic E-state index is -3.78. The second-order valence-corrected chi connectivity index (χ2v) is 10.0. The maximum atomic E-state index is 13.2. The third-order valence-corrected chi connectivity index (χ3v) is 7.50. The predicted octanol–water partition coefficient (Wildman–Crippen LogP) is 4.26. The van der Waals surface area contributed by atoms with E-state index in [1.54, 1.807) is 36.5 Å². The third-order valence-electron chi connectivity index (χ3n) is 4.84. The van der Waals surface area contributed by atoms with Gasteiger partial charge in [-0.3, -0.25) is 14.7 Å². The van der Waals surface area contributed by atoms with Gasteiger partial charge >= 0.3 is 0 Å². The molecule has 0 aliphatic rings. The number of aryl methyl sites for hydroxylation is 1. The third kappa shape index (κ3) is 4.81. The SMILES string of the molecule is CCc1ccc2nc(N(Cc3ccccn3)C(=O)CS(=O)(=O)c3ccccc3)sc2c1. The van der Waals surface area contributed by atoms with Crippen molar-refractivity contribution in [3.8, 4) is 0 Å². The van der Waals surface area contributed by atoms with E-state index < -0.39 is 21.5 Å². The normalized spacial score (nSPS) is 11.5. The lowest BCUT2D eigenvalue weighted by Gasteiger charge is -2.19. The van der Waals surface area contributed by atoms with Gasteiger partial charge in [0.25, 0.3) is 0 Å². The van der Waals surface area contributed by atoms with Crippen LogP contribution in [0.5, 0.6) is 0 Å². The molecule has 31 heavy (non-hydrogen) atoms. The first kappa shape index (κ1) is 21.1. The molecule has 2 aromatic carbocycles. The van der Waals surface area contributed by atoms with E-state index in [-0.39, 0.29) is 11.4 Å². The predicted molar refractivity (Wildman–Crippen MR) is 123 cm³/mol. The van der Waals surface area contributed by atoms with Crippen LogP contribution in [-0.4, -0.2) is 30.0 Å². The molecule has 0 saturated carbocycles. The smallest absolute Gasteiger partial charge is 0.244 e. The van der Waals surface area contributed by atoms with Crippen LogP contribution in [0.15, 0.2) is 77.8 Å². The Morgan fingerprint density at radius 2 is 1.81 bits per heavy atom. The number of thiazole rings is 1. The lowest BCUT2D eigenvalue weighted by molar-refractivity contribution is -0.116. The number of nitrogens with zero attached hydrogens (tertiary/aromatic N) is 3. The summed E-state index contributed by atoms with van der Waals surface area (Å²) < 4.78 is 26.6. The summed E-state index contributed by atoms with van der Waals surface area (Å²) in [7, 11) is -3.78. The van der Waals surface area contributed by atoms with Crippen molar-refractivity contribution in [3.05, 3.63) is 84.2 Å². The molecule has 0 bridgehead atoms. The summed E-state index contributed by atoms with van der Waals surface area (Å²) in [6, 6.07) is 19.4. The van der Waals surface area contributed by atoms with E-state index in [4.69, 9.17) is 0 Å². The number of carbonyl (C=O) groups is 1. The van der Waals surface area contributed by atoms with Crippen molar-refractivity contribution in [2.24, 2.45) is 0 Å². The molecule has 158 valence electrons. The number of hydrogen-bond acceptors (Lipinski definition) is 6. The van der Waals surface area contributed by atoms with Crippen molar-refractivity contribution in [3.63, 3.8) is 0 Å². The Hall–Kier alpha value is -3.10. The molecule has 0 spiro atoms. The van der Waals surface area contributed by atoms with Crippen molar-refractivity contribution in [2.45, 2.75) is 24.8 Å². The summed E-state index contributed by atoms with van der Waals surface area (Å²) in [5.74, 6) is -1.18. The maximum Gasteiger partial charge on any atom is 0.244 e. The second-order valence-electron chi connectivity index (χ2n) is 7.03. The van der Waals surface area contributed by atoms with Crippen LogP contribution in [0.25, 0.3) is 10.2 Å². The van der Waals surface area contributed by atoms with Gasteiger partial charge in [-0.25, -0.2) is 13.4 Å². The molecule has 2 heterocycles. The number of sulfone groups is 1. The number of amides is 1. The van der Waals surface area contributed by atoms with Gasteiger partial charge in [-0.05, 0) is 48.4 Å². The zero-order valence-electron chi connectivity index (χ0n) is 16.9. The summed E-state index contributed by atoms with van der Waals surface area (Å²) in [6.45, 7) is 2.22. The van der Waals surface area contributed by atoms with Gasteiger partial charge in [-0.1, -0.05) is 48.6 Å². The van der Waals surface area contributed by atoms with Crippen LogP contribution in [0.1, 0.15) is 18.2 Å². The van der Waals surface area contributed by atoms with Crippen molar-refractivity contribution in [1.29, 1.82) is 0 Å². The molecule has 6 nitrogen and oxygen atoms in total. The fourth-order valence-corrected chi connectivity index (χ4v) is 5.43. The quantitative estimate of drug-likeness (QED) is 0.419. The summed E-state index contributed by atoms with van der Waals surface area (Å²) in [5, 5.41) is 0.460. The topological polar surface area (TPSA) is 80.2 Å². The van der Waals surface area contributed by atoms with E-state index in [1.165, 1.54) is 33.9 Å². The van der Waals surface area contributed by atoms with E-state index in [9.17, 15) is 13.2 Å². The first-order valence-corrected chi connectivity index (χ1v) is 12.3. The maximum absolute atomic E-state index is 13.2. The summed E-state index contributed by atoms with van der Waals surface area (Å²) >= 11 is 1.38. The summed E-state index contributed by atoms with van der Waals surface area (Å²) in [5.41, 5.74) is 2.61. The van der Waals surface area contributed by atoms with Gasteiger partial charge in [-0.2, -0.15) is 0 Å². The van der Waals surface area contributed by atoms with Gasteiger partial charge in [0.15, 0.2) is 15.0 Å². The average molecular weight is 452 g/mol. The molecule has 4 aromatic rings. The van der Waals surface area contributed by atoms with Crippen molar-refractivity contribution < 1.29 is 13.2 Å². The number of rotatable bonds is 7. The molecule has 0 radical (unpaired) electrons. The second kappa shape index (κ2) is 8.95. The van der Waals surface area contributed by atoms with E-state index >= 15 is 0 Å². The Morgan fingerprint density at radius 3 is 2.52 bits per heavy atom. The van der Waals surface area contributed by atoms with Crippen LogP contribution in [0.4, 0.5) is 5.13 Å². The molecule has 0 atom stereocenters. The first-order chi connectivity index (χ1) is 15.0. The van der Waals surface area contributed by atoms with Crippen molar-refractivity contribution in [1.82, 2.24) is 9.97 Å². The van der Waals surface area contributed by atoms with Crippen LogP contribution in [0, 0.1) is 0 Å². The lowest BCUT2D eigenvalue weighted by atomic mass is 10.2. The fourth-order valence-electron chi connectivity index (χ4n) is 3.16. The molecule has 0 fully saturated rings. The number of benzene rings is 2. The van der Waals surface area contributed by atoms with Crippen LogP contribution < -0.4 is 4.90 Å². The van der Waals surface area contributed by atoms with Crippen molar-refractivity contribution >= 4 is 42.4 Å². The molecule has 0 N–H and O–H groups in total. The Kier molecular flexibility index (Phi) is 6.11. The van der Waals surface area contributed by atoms with Gasteiger partial charge in [0, 0.05) is 6.20 Å². The largest absolute Gasteiger partial charge is 0.281 e. The molecule has 2 aromatic heterocycles. The Morgan fingerprint density at radius 1 is 1.03 bits per heavy atom. The summed E-state index contributed by atoms with van der Waals surface area (Å²) in [4.78, 5) is 23.7. The molecule has 8 heteroatoms. The Bertz CT molecular complexity index is 1300. The van der Waals surface area contributed by atoms with E-state index in [0.717, 1.165) is 16.6 Å². The molecule has 4 rings (SSSR count). The molecular weight excluding hydrogens is 430 g/mol. The summed E-state index contributed by atoms with van der Waals surface area (Å²) in [6.07, 6.45) is 2.54. The highest BCUT2D eigenvalue weighted by Crippen LogP contribution is 2.31. The number of fused-ring (bicyclic) bond motifs is 1. The molecule has 0 saturated heterocycles. The number of aromatic nitrogens is 2. The minimum absolute atomic E-state index is 0.123. The van der Waals surface area contributed by atoms with Gasteiger partial charge in [0.05, 0.1) is 27.4 Å². The Labute approximate surface area is 185 Å². The van der Waals surface area contributed by atoms with Gasteiger partial charge in [-0.15, -0.1) is 0 Å². The Balaban J connectivity index is 1.70. The minimum Gasteiger partial charge on any atom is -0.281 e. The monoisotopic (exact) mass is 451 g/mol. The number of anilines is 1. The molecule has 0 unspecified atom stereocenters. The van der Waals surface area contributed by atoms with Gasteiger partial charge in [0.1, 0.15) is 5.75 Å². The van der Waals surface area contributed by atoms with E-state index in [1.807, 2.05) is 18.2 Å². The van der Waals surface area contributed by atoms with E-state index in [2.05, 4.69) is 23.0 Å². The van der Waals surface area contributed by atoms with E-state index in [0.29, 0.717) is 10.8 Å². The standard InChI is InChI=1S/C23H21N3O3S2/c1-2-17-11-12-20-21(14-17)30-23(25-20)26(15-18-8-6-7-13-24-18)22(27)16-31(28,29)19-9-4-3-5-10-19/h3-14H,2,15-16H2,1H3. The zero-order chi connectivity index (χ0) is 21.8. The van der Waals surface area contributed by atoms with Gasteiger partial charge in [0.2, 0.25) is 5.91 Å². The van der Waals surface area contributed by atoms with Crippen LogP contribution in [-0.2, 0) is 27.6 Å². The highest BCUT2D eigenvalue weighted by atomic mass is 32.2. The van der Waals surface area contributed by atoms with Crippen LogP contribution in [0.3, 0.4) is 0 Å². The molecule has 1 amide bonds. The molecule has 0 aliphatic carbocycles. The first-order valence-electron chi connectivity index (χ1n) is 9.84. The van der Waals surface area contributed by atoms with Crippen molar-refractivity contribution in [2.75, 3.05) is 10.7 Å². The van der Waals surface area contributed by atoms with Gasteiger partial charge < -0.3 is 0 Å². The lowest BCUT2D eigenvalue weighted by Crippen LogP contribution is -2.35. The fraction of sp³-hybridized carbons (Fsp3) is 0.174. The number of carbonyl (C=O) groups excluding carboxylic acids is 1. The van der Waals surface area contributed by atoms with Crippen LogP contribution in [0.2, 0.25) is 0 Å². The number of hydrogen-bond donors (Lipinski definition) is 0. The molecule has 0 aliphatic heterocycles. The van der Waals surface area contributed by atoms with Crippen LogP contribution >= 0.6 is 11.3 Å². The highest BCUT2D eigenvalue weighted by molar-refractivity contribution is 7.92. The highest BCUT2D eigenvalue weighted by Gasteiger charge is 2.27. The molecular formula is C23H21N3O3S2.